The summed E-state index contributed by atoms with van der Waals surface area (Å²) in [7, 11) is 0. The van der Waals surface area contributed by atoms with Crippen LogP contribution in [0.2, 0.25) is 5.02 Å². The molecular weight excluding hydrogens is 322 g/mol. The first-order chi connectivity index (χ1) is 11.8. The van der Waals surface area contributed by atoms with Gasteiger partial charge in [-0.15, -0.1) is 0 Å². The summed E-state index contributed by atoms with van der Waals surface area (Å²) in [6, 6.07) is 15.5. The number of halogens is 1. The lowest BCUT2D eigenvalue weighted by atomic mass is 10.2. The molecule has 0 fully saturated rings. The number of rotatable bonds is 8. The first-order valence-corrected chi connectivity index (χ1v) is 8.53. The SMILES string of the molecule is Clc1cccc(OCCCCCNc2ncnc3ccccc23)c1. The van der Waals surface area contributed by atoms with Crippen LogP contribution in [-0.4, -0.2) is 23.1 Å². The van der Waals surface area contributed by atoms with Crippen molar-refractivity contribution in [1.82, 2.24) is 9.97 Å². The molecule has 124 valence electrons. The number of anilines is 1. The molecule has 3 aromatic rings. The van der Waals surface area contributed by atoms with Gasteiger partial charge in [-0.3, -0.25) is 0 Å². The van der Waals surface area contributed by atoms with Crippen LogP contribution in [-0.2, 0) is 0 Å². The largest absolute Gasteiger partial charge is 0.494 e. The Bertz CT molecular complexity index is 789. The predicted octanol–water partition coefficient (Wildman–Crippen LogP) is 4.94. The summed E-state index contributed by atoms with van der Waals surface area (Å²) in [6.45, 7) is 1.59. The van der Waals surface area contributed by atoms with Crippen molar-refractivity contribution in [2.75, 3.05) is 18.5 Å². The summed E-state index contributed by atoms with van der Waals surface area (Å²) in [6.07, 6.45) is 4.77. The average molecular weight is 342 g/mol. The maximum atomic E-state index is 5.93. The van der Waals surface area contributed by atoms with Crippen LogP contribution in [0.3, 0.4) is 0 Å². The van der Waals surface area contributed by atoms with E-state index in [1.54, 1.807) is 6.33 Å². The van der Waals surface area contributed by atoms with Gasteiger partial charge in [0.1, 0.15) is 17.9 Å². The van der Waals surface area contributed by atoms with E-state index in [1.165, 1.54) is 0 Å². The number of benzene rings is 2. The molecule has 0 spiro atoms. The van der Waals surface area contributed by atoms with E-state index in [1.807, 2.05) is 48.5 Å². The molecule has 0 saturated heterocycles. The Kier molecular flexibility index (Phi) is 5.85. The molecule has 0 bridgehead atoms. The van der Waals surface area contributed by atoms with E-state index in [0.29, 0.717) is 11.6 Å². The van der Waals surface area contributed by atoms with Gasteiger partial charge in [0, 0.05) is 17.0 Å². The number of nitrogens with one attached hydrogen (secondary N) is 1. The van der Waals surface area contributed by atoms with Crippen LogP contribution in [0.1, 0.15) is 19.3 Å². The Morgan fingerprint density at radius 3 is 2.79 bits per heavy atom. The van der Waals surface area contributed by atoms with Crippen LogP contribution in [0, 0.1) is 0 Å². The molecule has 3 rings (SSSR count). The Balaban J connectivity index is 1.36. The third-order valence-corrected chi connectivity index (χ3v) is 3.96. The molecule has 2 aromatic carbocycles. The second-order valence-electron chi connectivity index (χ2n) is 5.53. The van der Waals surface area contributed by atoms with Crippen molar-refractivity contribution < 1.29 is 4.74 Å². The molecule has 0 radical (unpaired) electrons. The van der Waals surface area contributed by atoms with E-state index < -0.39 is 0 Å². The Hall–Kier alpha value is -2.33. The quantitative estimate of drug-likeness (QED) is 0.589. The minimum Gasteiger partial charge on any atom is -0.494 e. The van der Waals surface area contributed by atoms with Crippen LogP contribution >= 0.6 is 11.6 Å². The van der Waals surface area contributed by atoms with Gasteiger partial charge < -0.3 is 10.1 Å². The highest BCUT2D eigenvalue weighted by molar-refractivity contribution is 6.30. The van der Waals surface area contributed by atoms with Gasteiger partial charge in [-0.1, -0.05) is 29.8 Å². The topological polar surface area (TPSA) is 47.0 Å². The molecule has 0 unspecified atom stereocenters. The number of nitrogens with zero attached hydrogens (tertiary/aromatic N) is 2. The van der Waals surface area contributed by atoms with E-state index in [2.05, 4.69) is 15.3 Å². The summed E-state index contributed by atoms with van der Waals surface area (Å²) in [5.41, 5.74) is 0.963. The zero-order chi connectivity index (χ0) is 16.6. The van der Waals surface area contributed by atoms with E-state index in [9.17, 15) is 0 Å². The lowest BCUT2D eigenvalue weighted by molar-refractivity contribution is 0.306. The molecule has 1 N–H and O–H groups in total. The van der Waals surface area contributed by atoms with E-state index in [-0.39, 0.29) is 0 Å². The molecule has 0 aliphatic rings. The Morgan fingerprint density at radius 2 is 1.88 bits per heavy atom. The monoisotopic (exact) mass is 341 g/mol. The highest BCUT2D eigenvalue weighted by Crippen LogP contribution is 2.19. The van der Waals surface area contributed by atoms with Crippen molar-refractivity contribution in [2.24, 2.45) is 0 Å². The number of fused-ring (bicyclic) bond motifs is 1. The van der Waals surface area contributed by atoms with Gasteiger partial charge in [0.2, 0.25) is 0 Å². The number of hydrogen-bond donors (Lipinski definition) is 1. The van der Waals surface area contributed by atoms with E-state index in [0.717, 1.165) is 48.3 Å². The van der Waals surface area contributed by atoms with Crippen LogP contribution in [0.25, 0.3) is 10.9 Å². The molecule has 4 nitrogen and oxygen atoms in total. The molecule has 5 heteroatoms. The minimum atomic E-state index is 0.703. The Morgan fingerprint density at radius 1 is 0.958 bits per heavy atom. The van der Waals surface area contributed by atoms with Crippen molar-refractivity contribution in [1.29, 1.82) is 0 Å². The highest BCUT2D eigenvalue weighted by atomic mass is 35.5. The lowest BCUT2D eigenvalue weighted by Gasteiger charge is -2.09. The fourth-order valence-corrected chi connectivity index (χ4v) is 2.68. The highest BCUT2D eigenvalue weighted by Gasteiger charge is 2.01. The summed E-state index contributed by atoms with van der Waals surface area (Å²) in [5, 5.41) is 5.16. The van der Waals surface area contributed by atoms with E-state index >= 15 is 0 Å². The summed E-state index contributed by atoms with van der Waals surface area (Å²) < 4.78 is 5.68. The molecule has 24 heavy (non-hydrogen) atoms. The van der Waals surface area contributed by atoms with Crippen LogP contribution in [0.4, 0.5) is 5.82 Å². The number of aromatic nitrogens is 2. The summed E-state index contributed by atoms with van der Waals surface area (Å²) in [4.78, 5) is 8.60. The maximum Gasteiger partial charge on any atom is 0.137 e. The molecule has 1 heterocycles. The lowest BCUT2D eigenvalue weighted by Crippen LogP contribution is -2.05. The first-order valence-electron chi connectivity index (χ1n) is 8.15. The number of ether oxygens (including phenoxy) is 1. The molecule has 0 amide bonds. The fraction of sp³-hybridized carbons (Fsp3) is 0.263. The van der Waals surface area contributed by atoms with Gasteiger partial charge in [0.05, 0.1) is 12.1 Å². The maximum absolute atomic E-state index is 5.93. The molecule has 0 saturated carbocycles. The number of unbranched alkanes of at least 4 members (excludes halogenated alkanes) is 2. The van der Waals surface area contributed by atoms with Crippen LogP contribution in [0.5, 0.6) is 5.75 Å². The first kappa shape index (κ1) is 16.5. The van der Waals surface area contributed by atoms with Crippen LogP contribution < -0.4 is 10.1 Å². The van der Waals surface area contributed by atoms with Crippen LogP contribution in [0.15, 0.2) is 54.9 Å². The van der Waals surface area contributed by atoms with Gasteiger partial charge in [-0.05, 0) is 49.6 Å². The molecular formula is C19H20ClN3O. The molecule has 0 aliphatic carbocycles. The normalized spacial score (nSPS) is 10.7. The molecule has 0 atom stereocenters. The van der Waals surface area contributed by atoms with Crippen molar-refractivity contribution in [3.8, 4) is 5.75 Å². The van der Waals surface area contributed by atoms with E-state index in [4.69, 9.17) is 16.3 Å². The third kappa shape index (κ3) is 4.59. The smallest absolute Gasteiger partial charge is 0.137 e. The van der Waals surface area contributed by atoms with Crippen molar-refractivity contribution >= 4 is 28.3 Å². The summed E-state index contributed by atoms with van der Waals surface area (Å²) >= 11 is 5.93. The molecule has 1 aromatic heterocycles. The predicted molar refractivity (Wildman–Crippen MR) is 98.8 cm³/mol. The van der Waals surface area contributed by atoms with Crippen molar-refractivity contribution in [2.45, 2.75) is 19.3 Å². The molecule has 0 aliphatic heterocycles. The van der Waals surface area contributed by atoms with Gasteiger partial charge in [-0.25, -0.2) is 9.97 Å². The van der Waals surface area contributed by atoms with Crippen molar-refractivity contribution in [3.63, 3.8) is 0 Å². The zero-order valence-corrected chi connectivity index (χ0v) is 14.2. The van der Waals surface area contributed by atoms with Crippen molar-refractivity contribution in [3.05, 3.63) is 59.9 Å². The summed E-state index contributed by atoms with van der Waals surface area (Å²) in [5.74, 6) is 1.73. The average Bonchev–Trinajstić information content (AvgIpc) is 2.61. The number of para-hydroxylation sites is 1. The number of hydrogen-bond acceptors (Lipinski definition) is 4. The minimum absolute atomic E-state index is 0.703. The second kappa shape index (κ2) is 8.50. The van der Waals surface area contributed by atoms with Gasteiger partial charge in [0.25, 0.3) is 0 Å². The third-order valence-electron chi connectivity index (χ3n) is 3.72. The Labute approximate surface area is 146 Å². The zero-order valence-electron chi connectivity index (χ0n) is 13.4. The standard InChI is InChI=1S/C19H20ClN3O/c20-15-7-6-8-16(13-15)24-12-5-1-4-11-21-19-17-9-2-3-10-18(17)22-14-23-19/h2-3,6-10,13-14H,1,4-5,11-12H2,(H,21,22,23). The fourth-order valence-electron chi connectivity index (χ4n) is 2.50. The van der Waals surface area contributed by atoms with Gasteiger partial charge >= 0.3 is 0 Å². The second-order valence-corrected chi connectivity index (χ2v) is 5.97. The van der Waals surface area contributed by atoms with Gasteiger partial charge in [-0.2, -0.15) is 0 Å². The van der Waals surface area contributed by atoms with Gasteiger partial charge in [0.15, 0.2) is 0 Å².